The van der Waals surface area contributed by atoms with Crippen LogP contribution in [-0.4, -0.2) is 31.1 Å². The molecule has 2 aromatic heterocycles. The third-order valence-electron chi connectivity index (χ3n) is 4.25. The number of rotatable bonds is 5. The van der Waals surface area contributed by atoms with E-state index in [1.165, 1.54) is 22.5 Å². The molecule has 10 heteroatoms. The fourth-order valence-electron chi connectivity index (χ4n) is 2.78. The number of hydrogen-bond donors (Lipinski definition) is 2. The van der Waals surface area contributed by atoms with Crippen LogP contribution < -0.4 is 22.3 Å². The first-order chi connectivity index (χ1) is 12.4. The highest BCUT2D eigenvalue weighted by Gasteiger charge is 2.17. The van der Waals surface area contributed by atoms with Crippen LogP contribution in [0.2, 0.25) is 0 Å². The molecule has 0 radical (unpaired) electrons. The van der Waals surface area contributed by atoms with Crippen LogP contribution in [0.15, 0.2) is 46.2 Å². The van der Waals surface area contributed by atoms with E-state index in [2.05, 4.69) is 10.3 Å². The molecule has 0 aliphatic heterocycles. The molecule has 9 nitrogen and oxygen atoms in total. The van der Waals surface area contributed by atoms with Crippen molar-refractivity contribution in [1.82, 2.24) is 24.0 Å². The van der Waals surface area contributed by atoms with Gasteiger partial charge in [-0.1, -0.05) is 30.3 Å². The normalized spacial score (nSPS) is 11.8. The number of nitrogens with zero attached hydrogens (tertiary/aromatic N) is 4. The first kappa shape index (κ1) is 20.4. The molecule has 1 atom stereocenters. The van der Waals surface area contributed by atoms with Gasteiger partial charge in [-0.15, -0.1) is 12.4 Å². The highest BCUT2D eigenvalue weighted by molar-refractivity contribution is 5.85. The van der Waals surface area contributed by atoms with Gasteiger partial charge in [-0.25, -0.2) is 14.3 Å². The Morgan fingerprint density at radius 2 is 1.89 bits per heavy atom. The third kappa shape index (κ3) is 3.93. The lowest BCUT2D eigenvalue weighted by atomic mass is 10.1. The highest BCUT2D eigenvalue weighted by Crippen LogP contribution is 2.07. The zero-order valence-corrected chi connectivity index (χ0v) is 15.8. The summed E-state index contributed by atoms with van der Waals surface area (Å²) in [6, 6.07) is 8.97. The zero-order chi connectivity index (χ0) is 18.8. The summed E-state index contributed by atoms with van der Waals surface area (Å²) >= 11 is 0. The van der Waals surface area contributed by atoms with Crippen molar-refractivity contribution in [3.63, 3.8) is 0 Å². The number of carbonyl (C=O) groups excluding carboxylic acids is 1. The van der Waals surface area contributed by atoms with Crippen molar-refractivity contribution in [3.8, 4) is 0 Å². The Kier molecular flexibility index (Phi) is 6.19. The van der Waals surface area contributed by atoms with Crippen LogP contribution in [0.5, 0.6) is 0 Å². The van der Waals surface area contributed by atoms with Crippen molar-refractivity contribution in [2.75, 3.05) is 6.54 Å². The highest BCUT2D eigenvalue weighted by atomic mass is 35.5. The Balaban J connectivity index is 0.00000261. The van der Waals surface area contributed by atoms with Crippen LogP contribution >= 0.6 is 12.4 Å². The minimum absolute atomic E-state index is 0. The molecule has 1 amide bonds. The number of hydrogen-bond acceptors (Lipinski definition) is 5. The number of nitrogens with two attached hydrogens (primary N) is 1. The number of fused-ring (bicyclic) bond motifs is 1. The van der Waals surface area contributed by atoms with Gasteiger partial charge >= 0.3 is 5.69 Å². The summed E-state index contributed by atoms with van der Waals surface area (Å²) in [5.74, 6) is -0.461. The number of aryl methyl sites for hydroxylation is 2. The Hall–Kier alpha value is -2.91. The molecular weight excluding hydrogens is 372 g/mol. The summed E-state index contributed by atoms with van der Waals surface area (Å²) in [6.45, 7) is -0.181. The summed E-state index contributed by atoms with van der Waals surface area (Å²) in [6.07, 6.45) is 1.45. The lowest BCUT2D eigenvalue weighted by molar-refractivity contribution is -0.121. The van der Waals surface area contributed by atoms with Crippen molar-refractivity contribution in [2.45, 2.75) is 12.6 Å². The van der Waals surface area contributed by atoms with Crippen LogP contribution in [0.25, 0.3) is 11.2 Å². The van der Waals surface area contributed by atoms with Crippen LogP contribution in [0.1, 0.15) is 11.6 Å². The molecule has 144 valence electrons. The van der Waals surface area contributed by atoms with Gasteiger partial charge in [0.15, 0.2) is 11.2 Å². The van der Waals surface area contributed by atoms with Crippen molar-refractivity contribution >= 4 is 29.5 Å². The third-order valence-corrected chi connectivity index (χ3v) is 4.25. The van der Waals surface area contributed by atoms with Crippen LogP contribution in [0, 0.1) is 0 Å². The van der Waals surface area contributed by atoms with Crippen molar-refractivity contribution in [1.29, 1.82) is 0 Å². The number of carbonyl (C=O) groups is 1. The van der Waals surface area contributed by atoms with Gasteiger partial charge in [0.25, 0.3) is 5.56 Å². The van der Waals surface area contributed by atoms with Crippen molar-refractivity contribution < 1.29 is 4.79 Å². The maximum absolute atomic E-state index is 12.6. The minimum Gasteiger partial charge on any atom is -0.353 e. The summed E-state index contributed by atoms with van der Waals surface area (Å²) in [4.78, 5) is 41.2. The number of imidazole rings is 1. The number of benzene rings is 1. The van der Waals surface area contributed by atoms with E-state index in [0.29, 0.717) is 0 Å². The lowest BCUT2D eigenvalue weighted by Crippen LogP contribution is -2.44. The molecule has 1 aromatic carbocycles. The molecule has 0 aliphatic carbocycles. The molecule has 0 saturated carbocycles. The van der Waals surface area contributed by atoms with Crippen LogP contribution in [-0.2, 0) is 25.4 Å². The van der Waals surface area contributed by atoms with E-state index in [0.717, 1.165) is 10.1 Å². The van der Waals surface area contributed by atoms with Gasteiger partial charge in [-0.05, 0) is 5.56 Å². The summed E-state index contributed by atoms with van der Waals surface area (Å²) in [5.41, 5.74) is 6.33. The minimum atomic E-state index is -0.594. The van der Waals surface area contributed by atoms with Crippen molar-refractivity contribution in [3.05, 3.63) is 63.1 Å². The quantitative estimate of drug-likeness (QED) is 0.616. The molecule has 27 heavy (non-hydrogen) atoms. The Morgan fingerprint density at radius 3 is 2.56 bits per heavy atom. The second-order valence-corrected chi connectivity index (χ2v) is 6.08. The molecule has 2 heterocycles. The molecule has 3 N–H and O–H groups in total. The summed E-state index contributed by atoms with van der Waals surface area (Å²) in [5, 5.41) is 2.67. The van der Waals surface area contributed by atoms with Gasteiger partial charge in [0.05, 0.1) is 6.33 Å². The molecule has 0 saturated heterocycles. The molecule has 0 spiro atoms. The average molecular weight is 393 g/mol. The summed E-state index contributed by atoms with van der Waals surface area (Å²) in [7, 11) is 3.17. The second-order valence-electron chi connectivity index (χ2n) is 6.08. The van der Waals surface area contributed by atoms with Gasteiger partial charge in [-0.2, -0.15) is 0 Å². The number of nitrogens with one attached hydrogen (secondary N) is 1. The number of halogens is 1. The Morgan fingerprint density at radius 1 is 1.22 bits per heavy atom. The predicted molar refractivity (Wildman–Crippen MR) is 104 cm³/mol. The molecule has 0 bridgehead atoms. The van der Waals surface area contributed by atoms with Gasteiger partial charge in [0.1, 0.15) is 6.54 Å². The average Bonchev–Trinajstić information content (AvgIpc) is 3.04. The van der Waals surface area contributed by atoms with E-state index in [9.17, 15) is 14.4 Å². The fraction of sp³-hybridized carbons (Fsp3) is 0.294. The van der Waals surface area contributed by atoms with E-state index in [1.807, 2.05) is 30.3 Å². The SMILES string of the molecule is Cl.Cn1cnc2c1c(=O)n(CC(=O)NCC(N)c1ccccc1)c(=O)n2C. The maximum atomic E-state index is 12.6. The topological polar surface area (TPSA) is 117 Å². The summed E-state index contributed by atoms with van der Waals surface area (Å²) < 4.78 is 3.67. The van der Waals surface area contributed by atoms with Crippen molar-refractivity contribution in [2.24, 2.45) is 19.8 Å². The van der Waals surface area contributed by atoms with E-state index < -0.39 is 17.2 Å². The van der Waals surface area contributed by atoms with Gasteiger partial charge in [0, 0.05) is 26.7 Å². The Labute approximate surface area is 160 Å². The standard InChI is InChI=1S/C17H20N6O3.ClH/c1-21-10-20-15-14(21)16(25)23(17(26)22(15)2)9-13(24)19-8-12(18)11-6-4-3-5-7-11;/h3-7,10,12H,8-9,18H2,1-2H3,(H,19,24);1H. The fourth-order valence-corrected chi connectivity index (χ4v) is 2.78. The van der Waals surface area contributed by atoms with Crippen LogP contribution in [0.3, 0.4) is 0 Å². The van der Waals surface area contributed by atoms with Gasteiger partial charge in [-0.3, -0.25) is 14.2 Å². The van der Waals surface area contributed by atoms with Gasteiger partial charge < -0.3 is 15.6 Å². The first-order valence-corrected chi connectivity index (χ1v) is 8.08. The maximum Gasteiger partial charge on any atom is 0.332 e. The second kappa shape index (κ2) is 8.19. The number of aromatic nitrogens is 4. The lowest BCUT2D eigenvalue weighted by Gasteiger charge is -2.14. The largest absolute Gasteiger partial charge is 0.353 e. The van der Waals surface area contributed by atoms with E-state index in [-0.39, 0.29) is 42.7 Å². The molecular formula is C17H21ClN6O3. The molecule has 3 rings (SSSR count). The first-order valence-electron chi connectivity index (χ1n) is 8.08. The molecule has 0 aliphatic rings. The van der Waals surface area contributed by atoms with Crippen LogP contribution in [0.4, 0.5) is 0 Å². The van der Waals surface area contributed by atoms with E-state index in [4.69, 9.17) is 5.73 Å². The number of amides is 1. The Bertz CT molecular complexity index is 1070. The van der Waals surface area contributed by atoms with E-state index >= 15 is 0 Å². The zero-order valence-electron chi connectivity index (χ0n) is 15.0. The molecule has 1 unspecified atom stereocenters. The van der Waals surface area contributed by atoms with E-state index in [1.54, 1.807) is 7.05 Å². The molecule has 3 aromatic rings. The smallest absolute Gasteiger partial charge is 0.332 e. The predicted octanol–water partition coefficient (Wildman–Crippen LogP) is -0.328. The van der Waals surface area contributed by atoms with Gasteiger partial charge in [0.2, 0.25) is 5.91 Å². The monoisotopic (exact) mass is 392 g/mol. The molecule has 0 fully saturated rings.